The molecular formula is C8H20N4P+. The minimum atomic E-state index is -1.50. The van der Waals surface area contributed by atoms with Crippen LogP contribution in [0.15, 0.2) is 0 Å². The highest BCUT2D eigenvalue weighted by Gasteiger charge is 2.61. The normalized spacial score (nSPS) is 24.0. The SMILES string of the molecule is CCN(CC)[P+](N)(N1CC1)N1CC1. The fraction of sp³-hybridized carbons (Fsp3) is 1.00. The van der Waals surface area contributed by atoms with Crippen molar-refractivity contribution in [3.63, 3.8) is 0 Å². The van der Waals surface area contributed by atoms with E-state index in [1.807, 2.05) is 0 Å². The van der Waals surface area contributed by atoms with Gasteiger partial charge in [-0.2, -0.15) is 5.50 Å². The standard InChI is InChI=1S/C8H20N4P/c1-3-10(4-2)13(9,11-5-6-11)12-7-8-12/h3-9H2,1-2H3/q+1. The van der Waals surface area contributed by atoms with Gasteiger partial charge in [-0.15, -0.1) is 14.0 Å². The summed E-state index contributed by atoms with van der Waals surface area (Å²) in [7, 11) is -1.50. The van der Waals surface area contributed by atoms with Crippen LogP contribution in [0.5, 0.6) is 0 Å². The Morgan fingerprint density at radius 2 is 1.46 bits per heavy atom. The first-order valence-electron chi connectivity index (χ1n) is 5.17. The summed E-state index contributed by atoms with van der Waals surface area (Å²) < 4.78 is 7.35. The summed E-state index contributed by atoms with van der Waals surface area (Å²) in [6.07, 6.45) is 0. The zero-order chi connectivity index (χ0) is 9.47. The molecule has 0 aromatic rings. The van der Waals surface area contributed by atoms with Crippen LogP contribution in [-0.4, -0.2) is 53.3 Å². The molecule has 0 atom stereocenters. The Hall–Kier alpha value is 0.270. The maximum Gasteiger partial charge on any atom is 0.303 e. The van der Waals surface area contributed by atoms with E-state index in [1.54, 1.807) is 0 Å². The zero-order valence-corrected chi connectivity index (χ0v) is 9.50. The Kier molecular flexibility index (Phi) is 2.60. The van der Waals surface area contributed by atoms with Crippen molar-refractivity contribution in [2.45, 2.75) is 13.8 Å². The molecule has 0 aromatic heterocycles. The van der Waals surface area contributed by atoms with E-state index in [1.165, 1.54) is 26.2 Å². The van der Waals surface area contributed by atoms with E-state index in [2.05, 4.69) is 27.9 Å². The molecule has 0 amide bonds. The van der Waals surface area contributed by atoms with Crippen molar-refractivity contribution >= 4 is 7.87 Å². The molecule has 0 spiro atoms. The third-order valence-corrected chi connectivity index (χ3v) is 6.69. The summed E-state index contributed by atoms with van der Waals surface area (Å²) in [6, 6.07) is 0. The Morgan fingerprint density at radius 1 is 1.08 bits per heavy atom. The minimum Gasteiger partial charge on any atom is -0.158 e. The van der Waals surface area contributed by atoms with Gasteiger partial charge in [0.15, 0.2) is 0 Å². The molecule has 0 radical (unpaired) electrons. The molecule has 2 aliphatic rings. The smallest absolute Gasteiger partial charge is 0.158 e. The second-order valence-corrected chi connectivity index (χ2v) is 6.59. The lowest BCUT2D eigenvalue weighted by Gasteiger charge is -2.31. The first-order chi connectivity index (χ1) is 6.23. The maximum absolute atomic E-state index is 6.56. The van der Waals surface area contributed by atoms with Crippen molar-refractivity contribution in [1.29, 1.82) is 0 Å². The van der Waals surface area contributed by atoms with Gasteiger partial charge in [0.1, 0.15) is 0 Å². The Labute approximate surface area is 81.2 Å². The second kappa shape index (κ2) is 3.44. The number of rotatable bonds is 5. The fourth-order valence-corrected chi connectivity index (χ4v) is 5.12. The van der Waals surface area contributed by atoms with Gasteiger partial charge < -0.3 is 0 Å². The van der Waals surface area contributed by atoms with Gasteiger partial charge >= 0.3 is 7.87 Å². The Morgan fingerprint density at radius 3 is 1.69 bits per heavy atom. The molecule has 4 nitrogen and oxygen atoms in total. The summed E-state index contributed by atoms with van der Waals surface area (Å²) in [5.41, 5.74) is 6.56. The van der Waals surface area contributed by atoms with E-state index in [9.17, 15) is 0 Å². The summed E-state index contributed by atoms with van der Waals surface area (Å²) in [4.78, 5) is 0. The van der Waals surface area contributed by atoms with Crippen molar-refractivity contribution in [2.75, 3.05) is 39.3 Å². The van der Waals surface area contributed by atoms with Crippen LogP contribution in [0.25, 0.3) is 0 Å². The van der Waals surface area contributed by atoms with E-state index in [4.69, 9.17) is 5.50 Å². The van der Waals surface area contributed by atoms with Gasteiger partial charge in [0.25, 0.3) is 0 Å². The molecule has 2 N–H and O–H groups in total. The lowest BCUT2D eigenvalue weighted by Crippen LogP contribution is -2.37. The van der Waals surface area contributed by atoms with Gasteiger partial charge in [0.05, 0.1) is 26.2 Å². The molecule has 76 valence electrons. The number of hydrogen-bond donors (Lipinski definition) is 1. The molecule has 0 unspecified atom stereocenters. The first kappa shape index (κ1) is 9.81. The van der Waals surface area contributed by atoms with Crippen LogP contribution in [0.2, 0.25) is 0 Å². The van der Waals surface area contributed by atoms with Crippen LogP contribution in [0.1, 0.15) is 13.8 Å². The highest BCUT2D eigenvalue weighted by atomic mass is 31.2. The predicted molar refractivity (Wildman–Crippen MR) is 57.2 cm³/mol. The van der Waals surface area contributed by atoms with Crippen molar-refractivity contribution in [2.24, 2.45) is 5.50 Å². The third kappa shape index (κ3) is 1.62. The van der Waals surface area contributed by atoms with Crippen molar-refractivity contribution in [3.8, 4) is 0 Å². The highest BCUT2D eigenvalue weighted by molar-refractivity contribution is 7.67. The van der Waals surface area contributed by atoms with Gasteiger partial charge in [0.2, 0.25) is 0 Å². The predicted octanol–water partition coefficient (Wildman–Crippen LogP) is 0.596. The van der Waals surface area contributed by atoms with E-state index < -0.39 is 7.87 Å². The van der Waals surface area contributed by atoms with Crippen LogP contribution in [0, 0.1) is 0 Å². The van der Waals surface area contributed by atoms with Gasteiger partial charge in [-0.1, -0.05) is 0 Å². The molecule has 2 saturated heterocycles. The van der Waals surface area contributed by atoms with Gasteiger partial charge in [-0.25, -0.2) is 0 Å². The van der Waals surface area contributed by atoms with Crippen molar-refractivity contribution in [3.05, 3.63) is 0 Å². The molecular weight excluding hydrogens is 183 g/mol. The van der Waals surface area contributed by atoms with Gasteiger partial charge in [-0.05, 0) is 13.8 Å². The monoisotopic (exact) mass is 203 g/mol. The summed E-state index contributed by atoms with van der Waals surface area (Å²) in [5.74, 6) is 0. The van der Waals surface area contributed by atoms with Crippen LogP contribution in [0.4, 0.5) is 0 Å². The molecule has 2 rings (SSSR count). The molecule has 13 heavy (non-hydrogen) atoms. The Bertz CT molecular complexity index is 175. The van der Waals surface area contributed by atoms with Crippen LogP contribution in [-0.2, 0) is 0 Å². The minimum absolute atomic E-state index is 1.08. The van der Waals surface area contributed by atoms with Crippen LogP contribution >= 0.6 is 7.87 Å². The van der Waals surface area contributed by atoms with E-state index in [0.717, 1.165) is 13.1 Å². The molecule has 0 aliphatic carbocycles. The zero-order valence-electron chi connectivity index (χ0n) is 8.61. The molecule has 0 aromatic carbocycles. The summed E-state index contributed by atoms with van der Waals surface area (Å²) >= 11 is 0. The summed E-state index contributed by atoms with van der Waals surface area (Å²) in [6.45, 7) is 11.4. The third-order valence-electron chi connectivity index (χ3n) is 2.83. The van der Waals surface area contributed by atoms with Crippen molar-refractivity contribution < 1.29 is 0 Å². The molecule has 0 saturated carbocycles. The van der Waals surface area contributed by atoms with Crippen molar-refractivity contribution in [1.82, 2.24) is 14.0 Å². The highest BCUT2D eigenvalue weighted by Crippen LogP contribution is 2.66. The lowest BCUT2D eigenvalue weighted by atomic mass is 10.7. The lowest BCUT2D eigenvalue weighted by molar-refractivity contribution is 0.447. The van der Waals surface area contributed by atoms with E-state index in [0.29, 0.717) is 0 Å². The van der Waals surface area contributed by atoms with Crippen LogP contribution < -0.4 is 5.50 Å². The van der Waals surface area contributed by atoms with Gasteiger partial charge in [0, 0.05) is 13.1 Å². The number of nitrogens with two attached hydrogens (primary N) is 1. The topological polar surface area (TPSA) is 35.3 Å². The molecule has 2 fully saturated rings. The molecule has 5 heteroatoms. The number of hydrogen-bond acceptors (Lipinski definition) is 4. The molecule has 2 heterocycles. The molecule has 2 aliphatic heterocycles. The quantitative estimate of drug-likeness (QED) is 0.524. The average molecular weight is 203 g/mol. The van der Waals surface area contributed by atoms with Gasteiger partial charge in [-0.3, -0.25) is 0 Å². The fourth-order valence-electron chi connectivity index (χ4n) is 1.85. The average Bonchev–Trinajstić information content (AvgIpc) is 2.98. The van der Waals surface area contributed by atoms with Crippen LogP contribution in [0.3, 0.4) is 0 Å². The second-order valence-electron chi connectivity index (χ2n) is 3.66. The number of nitrogens with zero attached hydrogens (tertiary/aromatic N) is 3. The first-order valence-corrected chi connectivity index (χ1v) is 6.89. The maximum atomic E-state index is 6.56. The van der Waals surface area contributed by atoms with E-state index in [-0.39, 0.29) is 0 Å². The largest absolute Gasteiger partial charge is 0.303 e. The van der Waals surface area contributed by atoms with E-state index >= 15 is 0 Å². The Balaban J connectivity index is 2.09. The summed E-state index contributed by atoms with van der Waals surface area (Å²) in [5, 5.41) is 0. The molecule has 0 bridgehead atoms.